The molecule has 1 N–H and O–H groups in total. The summed E-state index contributed by atoms with van der Waals surface area (Å²) in [6, 6.07) is 8.73. The summed E-state index contributed by atoms with van der Waals surface area (Å²) in [4.78, 5) is 26.8. The van der Waals surface area contributed by atoms with Crippen LogP contribution in [0.1, 0.15) is 18.0 Å². The van der Waals surface area contributed by atoms with Gasteiger partial charge in [0.2, 0.25) is 11.8 Å². The minimum Gasteiger partial charge on any atom is -0.394 e. The molecule has 5 atom stereocenters. The number of aliphatic hydroxyl groups is 1. The van der Waals surface area contributed by atoms with Gasteiger partial charge in [-0.15, -0.1) is 0 Å². The van der Waals surface area contributed by atoms with E-state index in [1.54, 1.807) is 0 Å². The zero-order valence-electron chi connectivity index (χ0n) is 11.6. The van der Waals surface area contributed by atoms with Gasteiger partial charge in [-0.2, -0.15) is 0 Å². The Morgan fingerprint density at radius 1 is 1.05 bits per heavy atom. The highest BCUT2D eigenvalue weighted by Gasteiger charge is 2.60. The van der Waals surface area contributed by atoms with Crippen molar-refractivity contribution < 1.29 is 14.7 Å². The first-order valence-corrected chi connectivity index (χ1v) is 7.43. The summed E-state index contributed by atoms with van der Waals surface area (Å²) in [5, 5.41) is 9.72. The summed E-state index contributed by atoms with van der Waals surface area (Å²) in [6.07, 6.45) is 5.09. The van der Waals surface area contributed by atoms with E-state index in [-0.39, 0.29) is 42.1 Å². The lowest BCUT2D eigenvalue weighted by Gasteiger charge is -2.26. The minimum atomic E-state index is -0.559. The molecule has 4 rings (SSSR count). The Morgan fingerprint density at radius 2 is 1.62 bits per heavy atom. The van der Waals surface area contributed by atoms with Crippen LogP contribution in [-0.4, -0.2) is 28.4 Å². The first-order chi connectivity index (χ1) is 10.2. The van der Waals surface area contributed by atoms with Gasteiger partial charge >= 0.3 is 0 Å². The van der Waals surface area contributed by atoms with Crippen molar-refractivity contribution in [2.75, 3.05) is 6.61 Å². The number of hydrogen-bond donors (Lipinski definition) is 1. The molecule has 1 heterocycles. The first kappa shape index (κ1) is 12.8. The van der Waals surface area contributed by atoms with Crippen molar-refractivity contribution in [3.8, 4) is 0 Å². The van der Waals surface area contributed by atoms with Crippen LogP contribution in [0.15, 0.2) is 42.5 Å². The number of aliphatic hydroxyl groups excluding tert-OH is 1. The third-order valence-corrected chi connectivity index (χ3v) is 5.17. The van der Waals surface area contributed by atoms with Gasteiger partial charge in [0.25, 0.3) is 0 Å². The van der Waals surface area contributed by atoms with Crippen molar-refractivity contribution in [3.05, 3.63) is 48.0 Å². The van der Waals surface area contributed by atoms with Crippen LogP contribution in [0.4, 0.5) is 0 Å². The molecule has 0 aromatic heterocycles. The Hall–Kier alpha value is -1.94. The fraction of sp³-hybridized carbons (Fsp3) is 0.412. The lowest BCUT2D eigenvalue weighted by Crippen LogP contribution is -2.38. The average molecular weight is 283 g/mol. The molecule has 21 heavy (non-hydrogen) atoms. The van der Waals surface area contributed by atoms with E-state index < -0.39 is 6.04 Å². The zero-order valence-corrected chi connectivity index (χ0v) is 11.6. The van der Waals surface area contributed by atoms with Crippen molar-refractivity contribution in [2.24, 2.45) is 23.7 Å². The first-order valence-electron chi connectivity index (χ1n) is 7.43. The zero-order chi connectivity index (χ0) is 14.6. The smallest absolute Gasteiger partial charge is 0.234 e. The number of hydrogen-bond acceptors (Lipinski definition) is 3. The number of amides is 2. The van der Waals surface area contributed by atoms with Gasteiger partial charge in [-0.1, -0.05) is 42.5 Å². The van der Waals surface area contributed by atoms with Gasteiger partial charge in [-0.05, 0) is 23.8 Å². The van der Waals surface area contributed by atoms with Crippen molar-refractivity contribution >= 4 is 11.8 Å². The summed E-state index contributed by atoms with van der Waals surface area (Å²) in [6.45, 7) is -0.232. The van der Waals surface area contributed by atoms with Gasteiger partial charge in [0, 0.05) is 0 Å². The molecule has 1 aromatic rings. The van der Waals surface area contributed by atoms with Gasteiger partial charge in [-0.3, -0.25) is 14.5 Å². The molecule has 108 valence electrons. The molecule has 4 nitrogen and oxygen atoms in total. The predicted octanol–water partition coefficient (Wildman–Crippen LogP) is 1.53. The second-order valence-corrected chi connectivity index (χ2v) is 6.16. The highest BCUT2D eigenvalue weighted by atomic mass is 16.3. The van der Waals surface area contributed by atoms with Crippen molar-refractivity contribution in [1.82, 2.24) is 4.90 Å². The van der Waals surface area contributed by atoms with Crippen LogP contribution in [0, 0.1) is 23.7 Å². The summed E-state index contributed by atoms with van der Waals surface area (Å²) in [5.74, 6) is -0.210. The Morgan fingerprint density at radius 3 is 2.14 bits per heavy atom. The Bertz CT molecular complexity index is 594. The number of rotatable bonds is 3. The summed E-state index contributed by atoms with van der Waals surface area (Å²) >= 11 is 0. The fourth-order valence-corrected chi connectivity index (χ4v) is 4.24. The third-order valence-electron chi connectivity index (χ3n) is 5.17. The van der Waals surface area contributed by atoms with Crippen LogP contribution < -0.4 is 0 Å². The SMILES string of the molecule is O=C1C2C3C=CC(C3)C2C(=O)N1C(CO)c1ccccc1. The lowest BCUT2D eigenvalue weighted by atomic mass is 9.85. The molecule has 3 aliphatic rings. The topological polar surface area (TPSA) is 57.6 Å². The second kappa shape index (κ2) is 4.53. The maximum atomic E-state index is 12.7. The number of carbonyl (C=O) groups excluding carboxylic acids is 2. The van der Waals surface area contributed by atoms with Gasteiger partial charge in [0.15, 0.2) is 0 Å². The molecule has 4 heteroatoms. The quantitative estimate of drug-likeness (QED) is 0.676. The molecule has 2 aliphatic carbocycles. The molecule has 0 radical (unpaired) electrons. The molecular weight excluding hydrogens is 266 g/mol. The average Bonchev–Trinajstić information content (AvgIpc) is 3.18. The van der Waals surface area contributed by atoms with Gasteiger partial charge in [-0.25, -0.2) is 0 Å². The Kier molecular flexibility index (Phi) is 2.76. The number of allylic oxidation sites excluding steroid dienone is 2. The molecule has 1 aliphatic heterocycles. The van der Waals surface area contributed by atoms with E-state index in [9.17, 15) is 14.7 Å². The number of likely N-dealkylation sites (tertiary alicyclic amines) is 1. The van der Waals surface area contributed by atoms with Gasteiger partial charge < -0.3 is 5.11 Å². The van der Waals surface area contributed by atoms with Crippen LogP contribution in [0.5, 0.6) is 0 Å². The monoisotopic (exact) mass is 283 g/mol. The molecule has 2 amide bonds. The summed E-state index contributed by atoms with van der Waals surface area (Å²) in [5.41, 5.74) is 0.807. The third kappa shape index (κ3) is 1.65. The van der Waals surface area contributed by atoms with Crippen molar-refractivity contribution in [1.29, 1.82) is 0 Å². The number of fused-ring (bicyclic) bond motifs is 5. The lowest BCUT2D eigenvalue weighted by molar-refractivity contribution is -0.144. The largest absolute Gasteiger partial charge is 0.394 e. The molecule has 1 aromatic carbocycles. The van der Waals surface area contributed by atoms with E-state index in [1.165, 1.54) is 4.90 Å². The van der Waals surface area contributed by atoms with E-state index >= 15 is 0 Å². The molecule has 2 fully saturated rings. The minimum absolute atomic E-state index is 0.107. The molecule has 1 saturated heterocycles. The number of nitrogens with zero attached hydrogens (tertiary/aromatic N) is 1. The molecule has 0 spiro atoms. The van der Waals surface area contributed by atoms with Crippen LogP contribution in [0.25, 0.3) is 0 Å². The Labute approximate surface area is 123 Å². The normalized spacial score (nSPS) is 34.6. The maximum absolute atomic E-state index is 12.7. The highest BCUT2D eigenvalue weighted by molar-refractivity contribution is 6.06. The Balaban J connectivity index is 1.70. The standard InChI is InChI=1S/C17H17NO3/c19-9-13(10-4-2-1-3-5-10)18-16(20)14-11-6-7-12(8-11)15(14)17(18)21/h1-7,11-15,19H,8-9H2. The number of carbonyl (C=O) groups is 2. The summed E-state index contributed by atoms with van der Waals surface area (Å²) in [7, 11) is 0. The maximum Gasteiger partial charge on any atom is 0.234 e. The number of benzene rings is 1. The molecule has 2 bridgehead atoms. The van der Waals surface area contributed by atoms with E-state index in [1.807, 2.05) is 30.3 Å². The van der Waals surface area contributed by atoms with Crippen LogP contribution in [0.3, 0.4) is 0 Å². The summed E-state index contributed by atoms with van der Waals surface area (Å²) < 4.78 is 0. The molecule has 1 saturated carbocycles. The van der Waals surface area contributed by atoms with E-state index in [0.717, 1.165) is 12.0 Å². The van der Waals surface area contributed by atoms with E-state index in [2.05, 4.69) is 12.2 Å². The van der Waals surface area contributed by atoms with Crippen LogP contribution in [0.2, 0.25) is 0 Å². The fourth-order valence-electron chi connectivity index (χ4n) is 4.24. The number of imide groups is 1. The van der Waals surface area contributed by atoms with E-state index in [4.69, 9.17) is 0 Å². The van der Waals surface area contributed by atoms with Crippen molar-refractivity contribution in [3.63, 3.8) is 0 Å². The molecular formula is C17H17NO3. The molecule has 5 unspecified atom stereocenters. The van der Waals surface area contributed by atoms with Crippen LogP contribution >= 0.6 is 0 Å². The highest BCUT2D eigenvalue weighted by Crippen LogP contribution is 2.53. The van der Waals surface area contributed by atoms with Crippen molar-refractivity contribution in [2.45, 2.75) is 12.5 Å². The predicted molar refractivity (Wildman–Crippen MR) is 75.8 cm³/mol. The van der Waals surface area contributed by atoms with Crippen LogP contribution in [-0.2, 0) is 9.59 Å². The second-order valence-electron chi connectivity index (χ2n) is 6.16. The van der Waals surface area contributed by atoms with E-state index in [0.29, 0.717) is 0 Å². The van der Waals surface area contributed by atoms with Gasteiger partial charge in [0.1, 0.15) is 0 Å². The van der Waals surface area contributed by atoms with Gasteiger partial charge in [0.05, 0.1) is 24.5 Å².